The molecule has 3 aromatic rings. The van der Waals surface area contributed by atoms with Crippen LogP contribution in [0.5, 0.6) is 5.75 Å². The molecule has 0 aliphatic heterocycles. The summed E-state index contributed by atoms with van der Waals surface area (Å²) in [5, 5.41) is 0. The second-order valence-corrected chi connectivity index (χ2v) is 9.99. The molecule has 0 saturated carbocycles. The Morgan fingerprint density at radius 1 is 0.806 bits per heavy atom. The monoisotopic (exact) mass is 408 g/mol. The molecule has 4 aliphatic rings. The number of fused-ring (bicyclic) bond motifs is 2. The maximum Gasteiger partial charge on any atom is 0.315 e. The molecule has 0 aromatic heterocycles. The van der Waals surface area contributed by atoms with E-state index in [-0.39, 0.29) is 29.1 Å². The van der Waals surface area contributed by atoms with Crippen molar-refractivity contribution in [3.63, 3.8) is 0 Å². The fraction of sp³-hybridized carbons (Fsp3) is 0.345. The number of aryl methyl sites for hydroxylation is 1. The van der Waals surface area contributed by atoms with Crippen LogP contribution in [-0.2, 0) is 17.6 Å². The fourth-order valence-electron chi connectivity index (χ4n) is 6.67. The number of carbonyl (C=O) groups excluding carboxylic acids is 1. The van der Waals surface area contributed by atoms with Gasteiger partial charge in [0.05, 0.1) is 5.92 Å². The maximum atomic E-state index is 13.9. The van der Waals surface area contributed by atoms with Gasteiger partial charge >= 0.3 is 5.97 Å². The van der Waals surface area contributed by atoms with Gasteiger partial charge in [0.15, 0.2) is 0 Å². The van der Waals surface area contributed by atoms with Crippen LogP contribution in [0.1, 0.15) is 71.9 Å². The highest BCUT2D eigenvalue weighted by Gasteiger charge is 2.57. The van der Waals surface area contributed by atoms with Gasteiger partial charge in [-0.3, -0.25) is 4.79 Å². The second-order valence-electron chi connectivity index (χ2n) is 9.99. The molecule has 2 nitrogen and oxygen atoms in total. The standard InChI is InChI=1S/C29H28O2/c1-29(2)26-22-15-7-5-13-20(22)25(21-14-6-8-16-23(21)26)27(29)28(30)31-24-17-9-11-18-10-3-4-12-19(18)24/h5-9,11,13-17,25-27H,3-4,10,12H2,1-2H3. The highest BCUT2D eigenvalue weighted by molar-refractivity contribution is 5.81. The lowest BCUT2D eigenvalue weighted by Gasteiger charge is -2.54. The van der Waals surface area contributed by atoms with E-state index in [1.807, 2.05) is 12.1 Å². The van der Waals surface area contributed by atoms with E-state index in [4.69, 9.17) is 4.74 Å². The Morgan fingerprint density at radius 2 is 1.42 bits per heavy atom. The number of hydrogen-bond acceptors (Lipinski definition) is 2. The van der Waals surface area contributed by atoms with Gasteiger partial charge in [0.2, 0.25) is 0 Å². The average molecular weight is 409 g/mol. The third kappa shape index (κ3) is 2.67. The Kier molecular flexibility index (Phi) is 4.15. The van der Waals surface area contributed by atoms with Crippen molar-refractivity contribution in [3.8, 4) is 5.75 Å². The molecule has 156 valence electrons. The van der Waals surface area contributed by atoms with Crippen LogP contribution in [-0.4, -0.2) is 5.97 Å². The first-order valence-electron chi connectivity index (χ1n) is 11.6. The zero-order valence-corrected chi connectivity index (χ0v) is 18.2. The first kappa shape index (κ1) is 18.9. The lowest BCUT2D eigenvalue weighted by atomic mass is 9.48. The maximum absolute atomic E-state index is 13.9. The van der Waals surface area contributed by atoms with Gasteiger partial charge in [0.1, 0.15) is 5.75 Å². The van der Waals surface area contributed by atoms with Gasteiger partial charge in [-0.2, -0.15) is 0 Å². The van der Waals surface area contributed by atoms with Crippen molar-refractivity contribution in [1.82, 2.24) is 0 Å². The van der Waals surface area contributed by atoms with Crippen LogP contribution in [0.15, 0.2) is 66.7 Å². The molecule has 0 amide bonds. The molecule has 0 radical (unpaired) electrons. The Bertz CT molecular complexity index is 1140. The van der Waals surface area contributed by atoms with Crippen molar-refractivity contribution < 1.29 is 9.53 Å². The summed E-state index contributed by atoms with van der Waals surface area (Å²) in [7, 11) is 0. The Labute approximate surface area is 184 Å². The van der Waals surface area contributed by atoms with Crippen molar-refractivity contribution in [1.29, 1.82) is 0 Å². The predicted octanol–water partition coefficient (Wildman–Crippen LogP) is 6.40. The van der Waals surface area contributed by atoms with Crippen LogP contribution in [0.4, 0.5) is 0 Å². The van der Waals surface area contributed by atoms with Crippen molar-refractivity contribution in [3.05, 3.63) is 100 Å². The summed E-state index contributed by atoms with van der Waals surface area (Å²) in [6.45, 7) is 4.51. The van der Waals surface area contributed by atoms with Crippen LogP contribution >= 0.6 is 0 Å². The minimum Gasteiger partial charge on any atom is -0.426 e. The molecule has 1 unspecified atom stereocenters. The van der Waals surface area contributed by atoms with E-state index >= 15 is 0 Å². The minimum absolute atomic E-state index is 0.0411. The molecule has 31 heavy (non-hydrogen) atoms. The van der Waals surface area contributed by atoms with Gasteiger partial charge in [-0.05, 0) is 70.5 Å². The Hall–Kier alpha value is -2.87. The first-order valence-corrected chi connectivity index (χ1v) is 11.6. The van der Waals surface area contributed by atoms with E-state index in [9.17, 15) is 4.79 Å². The summed E-state index contributed by atoms with van der Waals surface area (Å²) < 4.78 is 6.23. The molecular formula is C29H28O2. The quantitative estimate of drug-likeness (QED) is 0.362. The lowest BCUT2D eigenvalue weighted by Crippen LogP contribution is -2.50. The van der Waals surface area contributed by atoms with Crippen molar-refractivity contribution in [2.24, 2.45) is 11.3 Å². The number of hydrogen-bond donors (Lipinski definition) is 0. The molecular weight excluding hydrogens is 380 g/mol. The number of esters is 1. The smallest absolute Gasteiger partial charge is 0.315 e. The van der Waals surface area contributed by atoms with E-state index in [1.54, 1.807) is 0 Å². The van der Waals surface area contributed by atoms with Crippen LogP contribution in [0.2, 0.25) is 0 Å². The predicted molar refractivity (Wildman–Crippen MR) is 123 cm³/mol. The van der Waals surface area contributed by atoms with E-state index < -0.39 is 0 Å². The molecule has 7 rings (SSSR count). The van der Waals surface area contributed by atoms with Gasteiger partial charge in [-0.15, -0.1) is 0 Å². The van der Waals surface area contributed by atoms with Crippen LogP contribution in [0, 0.1) is 11.3 Å². The number of carbonyl (C=O) groups is 1. The van der Waals surface area contributed by atoms with Gasteiger partial charge in [-0.1, -0.05) is 74.5 Å². The van der Waals surface area contributed by atoms with Gasteiger partial charge in [0, 0.05) is 11.8 Å². The van der Waals surface area contributed by atoms with Gasteiger partial charge < -0.3 is 4.74 Å². The van der Waals surface area contributed by atoms with Crippen LogP contribution in [0.3, 0.4) is 0 Å². The normalized spacial score (nSPS) is 24.6. The third-order valence-electron chi connectivity index (χ3n) is 7.98. The van der Waals surface area contributed by atoms with E-state index in [0.717, 1.165) is 18.6 Å². The third-order valence-corrected chi connectivity index (χ3v) is 7.98. The summed E-state index contributed by atoms with van der Waals surface area (Å²) >= 11 is 0. The molecule has 2 heteroatoms. The van der Waals surface area contributed by atoms with E-state index in [2.05, 4.69) is 68.4 Å². The molecule has 0 N–H and O–H groups in total. The molecule has 3 aromatic carbocycles. The van der Waals surface area contributed by atoms with Crippen molar-refractivity contribution in [2.75, 3.05) is 0 Å². The largest absolute Gasteiger partial charge is 0.426 e. The van der Waals surface area contributed by atoms with Crippen molar-refractivity contribution >= 4 is 5.97 Å². The average Bonchev–Trinajstić information content (AvgIpc) is 2.78. The topological polar surface area (TPSA) is 26.3 Å². The van der Waals surface area contributed by atoms with Crippen molar-refractivity contribution in [2.45, 2.75) is 51.4 Å². The number of ether oxygens (including phenoxy) is 1. The summed E-state index contributed by atoms with van der Waals surface area (Å²) in [4.78, 5) is 13.9. The van der Waals surface area contributed by atoms with E-state index in [1.165, 1.54) is 46.2 Å². The van der Waals surface area contributed by atoms with E-state index in [0.29, 0.717) is 0 Å². The summed E-state index contributed by atoms with van der Waals surface area (Å²) in [6.07, 6.45) is 4.48. The summed E-state index contributed by atoms with van der Waals surface area (Å²) in [6, 6.07) is 23.6. The highest BCUT2D eigenvalue weighted by Crippen LogP contribution is 2.63. The Balaban J connectivity index is 1.46. The molecule has 0 heterocycles. The number of benzene rings is 3. The molecule has 0 fully saturated rings. The SMILES string of the molecule is CC1(C)C2c3ccccc3C(c3ccccc32)C1C(=O)Oc1cccc2c1CCCC2. The molecule has 0 saturated heterocycles. The van der Waals surface area contributed by atoms with Crippen LogP contribution < -0.4 is 4.74 Å². The summed E-state index contributed by atoms with van der Waals surface area (Å²) in [5.74, 6) is 0.734. The first-order chi connectivity index (χ1) is 15.1. The zero-order chi connectivity index (χ0) is 21.2. The van der Waals surface area contributed by atoms with Gasteiger partial charge in [-0.25, -0.2) is 0 Å². The summed E-state index contributed by atoms with van der Waals surface area (Å²) in [5.41, 5.74) is 7.69. The highest BCUT2D eigenvalue weighted by atomic mass is 16.5. The molecule has 4 aliphatic carbocycles. The van der Waals surface area contributed by atoms with Gasteiger partial charge in [0.25, 0.3) is 0 Å². The molecule has 1 atom stereocenters. The molecule has 2 bridgehead atoms. The zero-order valence-electron chi connectivity index (χ0n) is 18.2. The lowest BCUT2D eigenvalue weighted by molar-refractivity contribution is -0.145. The minimum atomic E-state index is -0.223. The second kappa shape index (κ2) is 6.82. The Morgan fingerprint density at radius 3 is 2.10 bits per heavy atom. The molecule has 0 spiro atoms. The van der Waals surface area contributed by atoms with Crippen LogP contribution in [0.25, 0.3) is 0 Å². The number of rotatable bonds is 2. The fourth-order valence-corrected chi connectivity index (χ4v) is 6.67.